The highest BCUT2D eigenvalue weighted by molar-refractivity contribution is 7.92. The molecule has 4 rings (SSSR count). The van der Waals surface area contributed by atoms with Crippen LogP contribution in [-0.2, 0) is 32.6 Å². The van der Waals surface area contributed by atoms with Gasteiger partial charge in [0.05, 0.1) is 11.9 Å². The second-order valence-corrected chi connectivity index (χ2v) is 13.2. The molecule has 0 aliphatic carbocycles. The Morgan fingerprint density at radius 1 is 0.953 bits per heavy atom. The van der Waals surface area contributed by atoms with Gasteiger partial charge in [-0.25, -0.2) is 8.42 Å². The standard InChI is InChI=1S/C33H41N3O6S/c1-24(2)21-34-33(38)29(19-26-12-6-5-7-13-26)35(22-27-14-9-8-11-25(27)3)32(37)15-10-18-36(43(4,39)40)28-16-17-30-31(20-28)42-23-41-30/h5-9,11-14,16-17,20,24,29H,10,15,18-19,21-23H2,1-4H3,(H,34,38)/t29-/m0/s1. The van der Waals surface area contributed by atoms with Crippen molar-refractivity contribution >= 4 is 27.5 Å². The maximum Gasteiger partial charge on any atom is 0.243 e. The Morgan fingerprint density at radius 2 is 1.65 bits per heavy atom. The number of ether oxygens (including phenoxy) is 2. The third-order valence-corrected chi connectivity index (χ3v) is 8.55. The number of carbonyl (C=O) groups is 2. The Labute approximate surface area is 254 Å². The molecule has 0 aromatic heterocycles. The van der Waals surface area contributed by atoms with Gasteiger partial charge < -0.3 is 19.7 Å². The Bertz CT molecular complexity index is 1510. The molecule has 9 nitrogen and oxygen atoms in total. The molecular formula is C33H41N3O6S. The summed E-state index contributed by atoms with van der Waals surface area (Å²) in [7, 11) is -3.65. The van der Waals surface area contributed by atoms with Crippen molar-refractivity contribution < 1.29 is 27.5 Å². The largest absolute Gasteiger partial charge is 0.454 e. The van der Waals surface area contributed by atoms with Crippen LogP contribution in [0.4, 0.5) is 5.69 Å². The Hall–Kier alpha value is -4.05. The molecule has 1 N–H and O–H groups in total. The van der Waals surface area contributed by atoms with Gasteiger partial charge in [0.1, 0.15) is 6.04 Å². The molecule has 3 aromatic rings. The molecule has 1 aliphatic heterocycles. The smallest absolute Gasteiger partial charge is 0.243 e. The molecule has 10 heteroatoms. The molecule has 43 heavy (non-hydrogen) atoms. The van der Waals surface area contributed by atoms with Crippen molar-refractivity contribution in [2.75, 3.05) is 30.4 Å². The highest BCUT2D eigenvalue weighted by Crippen LogP contribution is 2.36. The topological polar surface area (TPSA) is 105 Å². The summed E-state index contributed by atoms with van der Waals surface area (Å²) >= 11 is 0. The molecule has 1 heterocycles. The number of benzene rings is 3. The van der Waals surface area contributed by atoms with Gasteiger partial charge in [-0.05, 0) is 48.1 Å². The summed E-state index contributed by atoms with van der Waals surface area (Å²) < 4.78 is 37.6. The van der Waals surface area contributed by atoms with Crippen molar-refractivity contribution in [2.24, 2.45) is 5.92 Å². The van der Waals surface area contributed by atoms with Crippen LogP contribution in [0, 0.1) is 12.8 Å². The lowest BCUT2D eigenvalue weighted by Gasteiger charge is -2.32. The molecule has 0 spiro atoms. The number of nitrogens with zero attached hydrogens (tertiary/aromatic N) is 2. The first-order chi connectivity index (χ1) is 20.5. The van der Waals surface area contributed by atoms with Crippen LogP contribution in [0.2, 0.25) is 0 Å². The second kappa shape index (κ2) is 14.4. The zero-order chi connectivity index (χ0) is 31.0. The molecule has 0 fully saturated rings. The number of hydrogen-bond donors (Lipinski definition) is 1. The van der Waals surface area contributed by atoms with Crippen LogP contribution in [-0.4, -0.2) is 57.3 Å². The summed E-state index contributed by atoms with van der Waals surface area (Å²) in [5.74, 6) is 0.850. The first-order valence-corrected chi connectivity index (χ1v) is 16.4. The van der Waals surface area contributed by atoms with E-state index in [0.717, 1.165) is 22.9 Å². The third-order valence-electron chi connectivity index (χ3n) is 7.35. The van der Waals surface area contributed by atoms with E-state index in [1.165, 1.54) is 4.31 Å². The molecule has 0 saturated carbocycles. The van der Waals surface area contributed by atoms with Crippen molar-refractivity contribution in [1.29, 1.82) is 0 Å². The zero-order valence-corrected chi connectivity index (χ0v) is 26.1. The van der Waals surface area contributed by atoms with E-state index >= 15 is 0 Å². The number of carbonyl (C=O) groups excluding carboxylic acids is 2. The van der Waals surface area contributed by atoms with Crippen LogP contribution in [0.25, 0.3) is 0 Å². The van der Waals surface area contributed by atoms with E-state index in [9.17, 15) is 18.0 Å². The van der Waals surface area contributed by atoms with Gasteiger partial charge in [0.15, 0.2) is 11.5 Å². The van der Waals surface area contributed by atoms with Crippen LogP contribution < -0.4 is 19.1 Å². The lowest BCUT2D eigenvalue weighted by atomic mass is 10.0. The van der Waals surface area contributed by atoms with Gasteiger partial charge in [0.25, 0.3) is 0 Å². The predicted molar refractivity (Wildman–Crippen MR) is 167 cm³/mol. The monoisotopic (exact) mass is 607 g/mol. The quantitative estimate of drug-likeness (QED) is 0.285. The molecule has 0 saturated heterocycles. The number of fused-ring (bicyclic) bond motifs is 1. The number of anilines is 1. The summed E-state index contributed by atoms with van der Waals surface area (Å²) in [6.45, 7) is 6.96. The fourth-order valence-electron chi connectivity index (χ4n) is 4.99. The first-order valence-electron chi connectivity index (χ1n) is 14.6. The fraction of sp³-hybridized carbons (Fsp3) is 0.394. The van der Waals surface area contributed by atoms with Crippen molar-refractivity contribution in [3.63, 3.8) is 0 Å². The molecule has 1 atom stereocenters. The van der Waals surface area contributed by atoms with Gasteiger partial charge in [-0.1, -0.05) is 68.4 Å². The minimum atomic E-state index is -3.65. The van der Waals surface area contributed by atoms with E-state index in [4.69, 9.17) is 9.47 Å². The third kappa shape index (κ3) is 8.73. The molecule has 0 bridgehead atoms. The summed E-state index contributed by atoms with van der Waals surface area (Å²) in [4.78, 5) is 29.3. The minimum absolute atomic E-state index is 0.0607. The highest BCUT2D eigenvalue weighted by atomic mass is 32.2. The van der Waals surface area contributed by atoms with E-state index in [1.807, 2.05) is 75.4 Å². The first kappa shape index (κ1) is 31.9. The van der Waals surface area contributed by atoms with E-state index in [2.05, 4.69) is 5.32 Å². The highest BCUT2D eigenvalue weighted by Gasteiger charge is 2.31. The van der Waals surface area contributed by atoms with E-state index in [-0.39, 0.29) is 50.5 Å². The lowest BCUT2D eigenvalue weighted by Crippen LogP contribution is -2.51. The van der Waals surface area contributed by atoms with E-state index in [1.54, 1.807) is 23.1 Å². The molecule has 1 aliphatic rings. The number of aryl methyl sites for hydroxylation is 1. The lowest BCUT2D eigenvalue weighted by molar-refractivity contribution is -0.141. The molecule has 2 amide bonds. The van der Waals surface area contributed by atoms with Crippen molar-refractivity contribution in [2.45, 2.75) is 52.6 Å². The van der Waals surface area contributed by atoms with E-state index in [0.29, 0.717) is 30.2 Å². The van der Waals surface area contributed by atoms with Crippen LogP contribution in [0.15, 0.2) is 72.8 Å². The maximum absolute atomic E-state index is 14.0. The van der Waals surface area contributed by atoms with Crippen LogP contribution in [0.3, 0.4) is 0 Å². The maximum atomic E-state index is 14.0. The minimum Gasteiger partial charge on any atom is -0.454 e. The summed E-state index contributed by atoms with van der Waals surface area (Å²) in [5, 5.41) is 3.03. The zero-order valence-electron chi connectivity index (χ0n) is 25.3. The second-order valence-electron chi connectivity index (χ2n) is 11.3. The van der Waals surface area contributed by atoms with E-state index < -0.39 is 16.1 Å². The normalized spacial score (nSPS) is 13.0. The van der Waals surface area contributed by atoms with Gasteiger partial charge in [0, 0.05) is 38.5 Å². The number of rotatable bonds is 14. The van der Waals surface area contributed by atoms with Crippen LogP contribution >= 0.6 is 0 Å². The molecule has 0 radical (unpaired) electrons. The average Bonchev–Trinajstić information content (AvgIpc) is 3.44. The van der Waals surface area contributed by atoms with Gasteiger partial charge in [0.2, 0.25) is 28.6 Å². The molecular weight excluding hydrogens is 566 g/mol. The summed E-state index contributed by atoms with van der Waals surface area (Å²) in [5.41, 5.74) is 3.35. The Kier molecular flexibility index (Phi) is 10.7. The van der Waals surface area contributed by atoms with Gasteiger partial charge in [-0.15, -0.1) is 0 Å². The molecule has 3 aromatic carbocycles. The van der Waals surface area contributed by atoms with Crippen LogP contribution in [0.1, 0.15) is 43.4 Å². The van der Waals surface area contributed by atoms with Gasteiger partial charge in [-0.3, -0.25) is 13.9 Å². The number of sulfonamides is 1. The van der Waals surface area contributed by atoms with Gasteiger partial charge >= 0.3 is 0 Å². The molecule has 230 valence electrons. The van der Waals surface area contributed by atoms with Crippen LogP contribution in [0.5, 0.6) is 11.5 Å². The van der Waals surface area contributed by atoms with Gasteiger partial charge in [-0.2, -0.15) is 0 Å². The SMILES string of the molecule is Cc1ccccc1CN(C(=O)CCCN(c1ccc2c(c1)OCO2)S(C)(=O)=O)[C@@H](Cc1ccccc1)C(=O)NCC(C)C. The summed E-state index contributed by atoms with van der Waals surface area (Å²) in [6, 6.07) is 21.7. The predicted octanol–water partition coefficient (Wildman–Crippen LogP) is 4.68. The average molecular weight is 608 g/mol. The van der Waals surface area contributed by atoms with Crippen molar-refractivity contribution in [3.05, 3.63) is 89.5 Å². The Morgan fingerprint density at radius 3 is 2.35 bits per heavy atom. The Balaban J connectivity index is 1.58. The summed E-state index contributed by atoms with van der Waals surface area (Å²) in [6.07, 6.45) is 1.81. The number of hydrogen-bond acceptors (Lipinski definition) is 6. The van der Waals surface area contributed by atoms with Crippen molar-refractivity contribution in [3.8, 4) is 11.5 Å². The number of nitrogens with one attached hydrogen (secondary N) is 1. The number of amides is 2. The fourth-order valence-corrected chi connectivity index (χ4v) is 5.95. The van der Waals surface area contributed by atoms with Crippen molar-refractivity contribution in [1.82, 2.24) is 10.2 Å². The molecule has 0 unspecified atom stereocenters.